The fraction of sp³-hybridized carbons (Fsp3) is 0.350. The maximum absolute atomic E-state index is 12.1. The van der Waals surface area contributed by atoms with E-state index in [0.717, 1.165) is 30.2 Å². The van der Waals surface area contributed by atoms with Gasteiger partial charge in [0, 0.05) is 43.1 Å². The number of carbonyl (C=O) groups excluding carboxylic acids is 1. The van der Waals surface area contributed by atoms with Crippen LogP contribution in [0.15, 0.2) is 42.5 Å². The summed E-state index contributed by atoms with van der Waals surface area (Å²) < 4.78 is 5.12. The molecule has 0 aliphatic heterocycles. The lowest BCUT2D eigenvalue weighted by Crippen LogP contribution is -2.21. The standard InChI is InChI=1S/C20H26ClN3O2/c1-4-24(5-2)17-9-6-15(7-10-17)23-20(25)12-13-22-16-8-11-19(26-3)18(21)14-16/h6-11,14,22H,4-5,12-13H2,1-3H3,(H,23,25). The van der Waals surface area contributed by atoms with Gasteiger partial charge in [0.15, 0.2) is 0 Å². The molecule has 2 N–H and O–H groups in total. The Labute approximate surface area is 160 Å². The molecule has 0 atom stereocenters. The Morgan fingerprint density at radius 2 is 1.73 bits per heavy atom. The number of rotatable bonds is 9. The number of anilines is 3. The summed E-state index contributed by atoms with van der Waals surface area (Å²) in [5.74, 6) is 0.593. The summed E-state index contributed by atoms with van der Waals surface area (Å²) in [6.07, 6.45) is 0.363. The van der Waals surface area contributed by atoms with Crippen molar-refractivity contribution >= 4 is 34.6 Å². The Morgan fingerprint density at radius 3 is 2.31 bits per heavy atom. The predicted octanol–water partition coefficient (Wildman–Crippen LogP) is 4.64. The molecule has 5 nitrogen and oxygen atoms in total. The molecule has 0 bridgehead atoms. The Hall–Kier alpha value is -2.40. The molecule has 140 valence electrons. The minimum Gasteiger partial charge on any atom is -0.495 e. The number of nitrogens with one attached hydrogen (secondary N) is 2. The van der Waals surface area contributed by atoms with Crippen LogP contribution in [-0.2, 0) is 4.79 Å². The van der Waals surface area contributed by atoms with E-state index in [2.05, 4.69) is 29.4 Å². The number of hydrogen-bond acceptors (Lipinski definition) is 4. The topological polar surface area (TPSA) is 53.6 Å². The highest BCUT2D eigenvalue weighted by Crippen LogP contribution is 2.27. The van der Waals surface area contributed by atoms with Gasteiger partial charge in [-0.3, -0.25) is 4.79 Å². The number of halogens is 1. The molecule has 0 saturated heterocycles. The molecular weight excluding hydrogens is 350 g/mol. The molecule has 0 aliphatic rings. The number of hydrogen-bond donors (Lipinski definition) is 2. The smallest absolute Gasteiger partial charge is 0.226 e. The first-order valence-corrected chi connectivity index (χ1v) is 9.17. The zero-order valence-electron chi connectivity index (χ0n) is 15.5. The first-order valence-electron chi connectivity index (χ1n) is 8.79. The number of methoxy groups -OCH3 is 1. The Kier molecular flexibility index (Phi) is 7.60. The van der Waals surface area contributed by atoms with Gasteiger partial charge in [0.25, 0.3) is 0 Å². The van der Waals surface area contributed by atoms with Crippen LogP contribution in [0.3, 0.4) is 0 Å². The summed E-state index contributed by atoms with van der Waals surface area (Å²) in [7, 11) is 1.58. The molecule has 0 radical (unpaired) electrons. The van der Waals surface area contributed by atoms with Crippen molar-refractivity contribution in [1.29, 1.82) is 0 Å². The molecule has 1 amide bonds. The third kappa shape index (κ3) is 5.56. The summed E-state index contributed by atoms with van der Waals surface area (Å²) >= 11 is 6.09. The number of ether oxygens (including phenoxy) is 1. The zero-order chi connectivity index (χ0) is 18.9. The van der Waals surface area contributed by atoms with Gasteiger partial charge in [-0.05, 0) is 56.3 Å². The SMILES string of the molecule is CCN(CC)c1ccc(NC(=O)CCNc2ccc(OC)c(Cl)c2)cc1. The van der Waals surface area contributed by atoms with E-state index in [0.29, 0.717) is 23.7 Å². The third-order valence-electron chi connectivity index (χ3n) is 4.11. The van der Waals surface area contributed by atoms with E-state index in [1.165, 1.54) is 0 Å². The van der Waals surface area contributed by atoms with E-state index in [-0.39, 0.29) is 5.91 Å². The normalized spacial score (nSPS) is 10.3. The number of benzene rings is 2. The first-order chi connectivity index (χ1) is 12.6. The minimum atomic E-state index is -0.0345. The minimum absolute atomic E-state index is 0.0345. The van der Waals surface area contributed by atoms with Gasteiger partial charge >= 0.3 is 0 Å². The van der Waals surface area contributed by atoms with Gasteiger partial charge in [0.2, 0.25) is 5.91 Å². The van der Waals surface area contributed by atoms with Crippen molar-refractivity contribution in [1.82, 2.24) is 0 Å². The maximum Gasteiger partial charge on any atom is 0.226 e. The van der Waals surface area contributed by atoms with Crippen LogP contribution in [0.25, 0.3) is 0 Å². The van der Waals surface area contributed by atoms with Gasteiger partial charge in [0.05, 0.1) is 12.1 Å². The van der Waals surface area contributed by atoms with Gasteiger partial charge < -0.3 is 20.3 Å². The van der Waals surface area contributed by atoms with E-state index in [1.807, 2.05) is 30.3 Å². The van der Waals surface area contributed by atoms with Crippen LogP contribution in [0.2, 0.25) is 5.02 Å². The maximum atomic E-state index is 12.1. The molecule has 2 aromatic rings. The first kappa shape index (κ1) is 19.9. The molecule has 0 unspecified atom stereocenters. The van der Waals surface area contributed by atoms with E-state index >= 15 is 0 Å². The van der Waals surface area contributed by atoms with E-state index in [4.69, 9.17) is 16.3 Å². The summed E-state index contributed by atoms with van der Waals surface area (Å²) in [6.45, 7) is 6.70. The largest absolute Gasteiger partial charge is 0.495 e. The fourth-order valence-electron chi connectivity index (χ4n) is 2.66. The van der Waals surface area contributed by atoms with Gasteiger partial charge in [-0.25, -0.2) is 0 Å². The average molecular weight is 376 g/mol. The van der Waals surface area contributed by atoms with Crippen LogP contribution < -0.4 is 20.3 Å². The molecule has 2 aromatic carbocycles. The van der Waals surface area contributed by atoms with Crippen molar-refractivity contribution in [3.05, 3.63) is 47.5 Å². The van der Waals surface area contributed by atoms with Crippen molar-refractivity contribution < 1.29 is 9.53 Å². The van der Waals surface area contributed by atoms with Gasteiger partial charge in [-0.15, -0.1) is 0 Å². The van der Waals surface area contributed by atoms with Crippen molar-refractivity contribution in [3.8, 4) is 5.75 Å². The van der Waals surface area contributed by atoms with Gasteiger partial charge in [-0.1, -0.05) is 11.6 Å². The molecule has 0 aliphatic carbocycles. The summed E-state index contributed by atoms with van der Waals surface area (Å²) in [5, 5.41) is 6.64. The zero-order valence-corrected chi connectivity index (χ0v) is 16.3. The van der Waals surface area contributed by atoms with Crippen molar-refractivity contribution in [2.75, 3.05) is 42.3 Å². The predicted molar refractivity (Wildman–Crippen MR) is 110 cm³/mol. The lowest BCUT2D eigenvalue weighted by Gasteiger charge is -2.21. The van der Waals surface area contributed by atoms with E-state index in [1.54, 1.807) is 19.2 Å². The molecule has 0 spiro atoms. The fourth-order valence-corrected chi connectivity index (χ4v) is 2.92. The molecule has 2 rings (SSSR count). The van der Waals surface area contributed by atoms with E-state index < -0.39 is 0 Å². The number of carbonyl (C=O) groups is 1. The van der Waals surface area contributed by atoms with Crippen molar-refractivity contribution in [2.24, 2.45) is 0 Å². The van der Waals surface area contributed by atoms with Crippen LogP contribution in [0.4, 0.5) is 17.1 Å². The molecule has 0 heterocycles. The van der Waals surface area contributed by atoms with Crippen LogP contribution >= 0.6 is 11.6 Å². The highest BCUT2D eigenvalue weighted by atomic mass is 35.5. The van der Waals surface area contributed by atoms with E-state index in [9.17, 15) is 4.79 Å². The van der Waals surface area contributed by atoms with Crippen molar-refractivity contribution in [2.45, 2.75) is 20.3 Å². The third-order valence-corrected chi connectivity index (χ3v) is 4.41. The number of amides is 1. The quantitative estimate of drug-likeness (QED) is 0.670. The van der Waals surface area contributed by atoms with Gasteiger partial charge in [0.1, 0.15) is 5.75 Å². The second-order valence-electron chi connectivity index (χ2n) is 5.79. The van der Waals surface area contributed by atoms with Crippen molar-refractivity contribution in [3.63, 3.8) is 0 Å². The Bertz CT molecular complexity index is 715. The molecule has 0 saturated carbocycles. The van der Waals surface area contributed by atoms with Gasteiger partial charge in [-0.2, -0.15) is 0 Å². The van der Waals surface area contributed by atoms with Crippen LogP contribution in [0.1, 0.15) is 20.3 Å². The highest BCUT2D eigenvalue weighted by Gasteiger charge is 2.06. The van der Waals surface area contributed by atoms with Crippen LogP contribution in [-0.4, -0.2) is 32.7 Å². The Morgan fingerprint density at radius 1 is 1.08 bits per heavy atom. The molecule has 0 fully saturated rings. The monoisotopic (exact) mass is 375 g/mol. The summed E-state index contributed by atoms with van der Waals surface area (Å²) in [4.78, 5) is 14.4. The molecule has 26 heavy (non-hydrogen) atoms. The van der Waals surface area contributed by atoms with Crippen LogP contribution in [0, 0.1) is 0 Å². The lowest BCUT2D eigenvalue weighted by atomic mass is 10.2. The summed E-state index contributed by atoms with van der Waals surface area (Å²) in [5.41, 5.74) is 2.82. The van der Waals surface area contributed by atoms with Crippen LogP contribution in [0.5, 0.6) is 5.75 Å². The average Bonchev–Trinajstić information content (AvgIpc) is 2.64. The Balaban J connectivity index is 1.80. The highest BCUT2D eigenvalue weighted by molar-refractivity contribution is 6.32. The summed E-state index contributed by atoms with van der Waals surface area (Å²) in [6, 6.07) is 13.4. The molecule has 0 aromatic heterocycles. The second kappa shape index (κ2) is 9.92. The lowest BCUT2D eigenvalue weighted by molar-refractivity contribution is -0.115. The molecular formula is C20H26ClN3O2. The number of nitrogens with zero attached hydrogens (tertiary/aromatic N) is 1. The second-order valence-corrected chi connectivity index (χ2v) is 6.20. The molecule has 6 heteroatoms.